The predicted octanol–water partition coefficient (Wildman–Crippen LogP) is 3.42. The molecule has 0 bridgehead atoms. The highest BCUT2D eigenvalue weighted by Gasteiger charge is 2.24. The van der Waals surface area contributed by atoms with E-state index in [0.29, 0.717) is 12.2 Å². The molecule has 0 amide bonds. The summed E-state index contributed by atoms with van der Waals surface area (Å²) in [7, 11) is -1.43. The molecule has 1 aliphatic rings. The Hall–Kier alpha value is 0.0569. The van der Waals surface area contributed by atoms with Gasteiger partial charge in [0.1, 0.15) is 6.10 Å². The van der Waals surface area contributed by atoms with Crippen LogP contribution >= 0.6 is 0 Å². The average Bonchev–Trinajstić information content (AvgIpc) is 3.29. The Morgan fingerprint density at radius 3 is 2.29 bits per heavy atom. The van der Waals surface area contributed by atoms with E-state index in [9.17, 15) is 0 Å². The monoisotopic (exact) mass is 318 g/mol. The second-order valence-corrected chi connectivity index (χ2v) is 7.78. The molecular formula is C16H34O4Si. The van der Waals surface area contributed by atoms with Gasteiger partial charge in [0.05, 0.1) is 19.3 Å². The Kier molecular flexibility index (Phi) is 11.4. The van der Waals surface area contributed by atoms with E-state index in [1.54, 1.807) is 0 Å². The van der Waals surface area contributed by atoms with Crippen molar-refractivity contribution in [2.75, 3.05) is 26.4 Å². The molecule has 0 aromatic heterocycles. The molecule has 0 N–H and O–H groups in total. The lowest BCUT2D eigenvalue weighted by atomic mass is 10.1. The van der Waals surface area contributed by atoms with Gasteiger partial charge in [-0.15, -0.1) is 0 Å². The van der Waals surface area contributed by atoms with Gasteiger partial charge in [-0.1, -0.05) is 26.2 Å². The molecule has 1 fully saturated rings. The standard InChI is InChI=1S/C16H34O4Si/c1-4-7-8-10-15(17-13-16-14-18-16)11-9-12-21(19-5-2)20-6-3/h15-16,21H,4-14H2,1-3H3. The fourth-order valence-corrected chi connectivity index (χ4v) is 4.18. The van der Waals surface area contributed by atoms with Gasteiger partial charge in [-0.05, 0) is 39.2 Å². The Bertz CT molecular complexity index is 230. The first-order valence-electron chi connectivity index (χ1n) is 8.76. The summed E-state index contributed by atoms with van der Waals surface area (Å²) in [4.78, 5) is 0. The molecule has 21 heavy (non-hydrogen) atoms. The van der Waals surface area contributed by atoms with Crippen molar-refractivity contribution in [3.63, 3.8) is 0 Å². The zero-order valence-electron chi connectivity index (χ0n) is 14.1. The lowest BCUT2D eigenvalue weighted by Gasteiger charge is -2.19. The van der Waals surface area contributed by atoms with Crippen molar-refractivity contribution in [1.82, 2.24) is 0 Å². The van der Waals surface area contributed by atoms with Gasteiger partial charge in [0.15, 0.2) is 0 Å². The first-order valence-corrected chi connectivity index (χ1v) is 10.5. The normalized spacial score (nSPS) is 19.1. The largest absolute Gasteiger partial charge is 0.397 e. The van der Waals surface area contributed by atoms with Gasteiger partial charge in [-0.3, -0.25) is 0 Å². The topological polar surface area (TPSA) is 40.2 Å². The van der Waals surface area contributed by atoms with Gasteiger partial charge in [-0.25, -0.2) is 0 Å². The Balaban J connectivity index is 2.18. The van der Waals surface area contributed by atoms with Gasteiger partial charge in [0.2, 0.25) is 0 Å². The van der Waals surface area contributed by atoms with Gasteiger partial charge >= 0.3 is 9.28 Å². The molecule has 0 aromatic rings. The van der Waals surface area contributed by atoms with E-state index >= 15 is 0 Å². The number of ether oxygens (including phenoxy) is 2. The van der Waals surface area contributed by atoms with Crippen molar-refractivity contribution >= 4 is 9.28 Å². The van der Waals surface area contributed by atoms with Crippen molar-refractivity contribution in [2.24, 2.45) is 0 Å². The molecule has 1 aliphatic heterocycles. The lowest BCUT2D eigenvalue weighted by molar-refractivity contribution is 0.0297. The molecule has 1 saturated heterocycles. The van der Waals surface area contributed by atoms with Crippen LogP contribution in [-0.4, -0.2) is 47.9 Å². The molecular weight excluding hydrogens is 284 g/mol. The number of unbranched alkanes of at least 4 members (excludes halogenated alkanes) is 2. The first-order chi connectivity index (χ1) is 10.3. The summed E-state index contributed by atoms with van der Waals surface area (Å²) in [5.41, 5.74) is 0. The molecule has 1 heterocycles. The quantitative estimate of drug-likeness (QED) is 0.263. The van der Waals surface area contributed by atoms with E-state index in [1.807, 2.05) is 13.8 Å². The minimum absolute atomic E-state index is 0.368. The summed E-state index contributed by atoms with van der Waals surface area (Å²) >= 11 is 0. The summed E-state index contributed by atoms with van der Waals surface area (Å²) in [6, 6.07) is 1.09. The zero-order chi connectivity index (χ0) is 15.3. The first kappa shape index (κ1) is 19.1. The van der Waals surface area contributed by atoms with Crippen LogP contribution < -0.4 is 0 Å². The van der Waals surface area contributed by atoms with Gasteiger partial charge < -0.3 is 18.3 Å². The minimum Gasteiger partial charge on any atom is -0.397 e. The van der Waals surface area contributed by atoms with Crippen LogP contribution in [0.15, 0.2) is 0 Å². The molecule has 126 valence electrons. The average molecular weight is 319 g/mol. The third-order valence-electron chi connectivity index (χ3n) is 3.72. The van der Waals surface area contributed by atoms with Gasteiger partial charge in [-0.2, -0.15) is 0 Å². The number of hydrogen-bond acceptors (Lipinski definition) is 4. The predicted molar refractivity (Wildman–Crippen MR) is 88.1 cm³/mol. The van der Waals surface area contributed by atoms with Crippen LogP contribution in [0, 0.1) is 0 Å². The maximum Gasteiger partial charge on any atom is 0.321 e. The third kappa shape index (κ3) is 10.4. The van der Waals surface area contributed by atoms with E-state index in [0.717, 1.165) is 45.3 Å². The van der Waals surface area contributed by atoms with Crippen LogP contribution in [0.5, 0.6) is 0 Å². The van der Waals surface area contributed by atoms with Crippen molar-refractivity contribution < 1.29 is 18.3 Å². The number of hydrogen-bond donors (Lipinski definition) is 0. The van der Waals surface area contributed by atoms with E-state index in [2.05, 4.69) is 6.92 Å². The van der Waals surface area contributed by atoms with E-state index in [-0.39, 0.29) is 0 Å². The number of epoxide rings is 1. The second-order valence-electron chi connectivity index (χ2n) is 5.68. The summed E-state index contributed by atoms with van der Waals surface area (Å²) < 4.78 is 22.7. The highest BCUT2D eigenvalue weighted by Crippen LogP contribution is 2.18. The lowest BCUT2D eigenvalue weighted by Crippen LogP contribution is -2.24. The van der Waals surface area contributed by atoms with Gasteiger partial charge in [0, 0.05) is 13.2 Å². The molecule has 0 aliphatic carbocycles. The molecule has 0 spiro atoms. The maximum absolute atomic E-state index is 6.02. The SMILES string of the molecule is CCCCCC(CCC[SiH](OCC)OCC)OCC1CO1. The molecule has 0 aromatic carbocycles. The highest BCUT2D eigenvalue weighted by atomic mass is 28.3. The van der Waals surface area contributed by atoms with Crippen LogP contribution in [0.1, 0.15) is 59.3 Å². The van der Waals surface area contributed by atoms with Crippen molar-refractivity contribution in [2.45, 2.75) is 77.5 Å². The summed E-state index contributed by atoms with van der Waals surface area (Å²) in [6.45, 7) is 9.53. The van der Waals surface area contributed by atoms with Crippen molar-refractivity contribution in [3.8, 4) is 0 Å². The van der Waals surface area contributed by atoms with Crippen LogP contribution in [0.3, 0.4) is 0 Å². The van der Waals surface area contributed by atoms with Gasteiger partial charge in [0.25, 0.3) is 0 Å². The molecule has 1 rings (SSSR count). The molecule has 0 saturated carbocycles. The van der Waals surface area contributed by atoms with E-state index < -0.39 is 9.28 Å². The van der Waals surface area contributed by atoms with Crippen LogP contribution in [0.2, 0.25) is 6.04 Å². The third-order valence-corrected chi connectivity index (χ3v) is 6.01. The van der Waals surface area contributed by atoms with Crippen LogP contribution in [0.4, 0.5) is 0 Å². The van der Waals surface area contributed by atoms with Crippen molar-refractivity contribution in [3.05, 3.63) is 0 Å². The fraction of sp³-hybridized carbons (Fsp3) is 1.00. The Morgan fingerprint density at radius 1 is 1.05 bits per heavy atom. The van der Waals surface area contributed by atoms with Crippen molar-refractivity contribution in [1.29, 1.82) is 0 Å². The highest BCUT2D eigenvalue weighted by molar-refractivity contribution is 6.44. The molecule has 2 unspecified atom stereocenters. The smallest absolute Gasteiger partial charge is 0.321 e. The number of rotatable bonds is 15. The Labute approximate surface area is 132 Å². The fourth-order valence-electron chi connectivity index (χ4n) is 2.44. The van der Waals surface area contributed by atoms with E-state index in [1.165, 1.54) is 25.7 Å². The van der Waals surface area contributed by atoms with Crippen LogP contribution in [0.25, 0.3) is 0 Å². The summed E-state index contributed by atoms with van der Waals surface area (Å²) in [6.07, 6.45) is 8.04. The summed E-state index contributed by atoms with van der Waals surface area (Å²) in [5.74, 6) is 0. The zero-order valence-corrected chi connectivity index (χ0v) is 15.3. The maximum atomic E-state index is 6.02. The van der Waals surface area contributed by atoms with Crippen LogP contribution in [-0.2, 0) is 18.3 Å². The molecule has 2 atom stereocenters. The molecule has 5 heteroatoms. The minimum atomic E-state index is -1.43. The molecule has 4 nitrogen and oxygen atoms in total. The van der Waals surface area contributed by atoms with E-state index in [4.69, 9.17) is 18.3 Å². The molecule has 0 radical (unpaired) electrons. The Morgan fingerprint density at radius 2 is 1.71 bits per heavy atom. The summed E-state index contributed by atoms with van der Waals surface area (Å²) in [5, 5.41) is 0. The second kappa shape index (κ2) is 12.6.